The van der Waals surface area contributed by atoms with Gasteiger partial charge < -0.3 is 10.6 Å². The Kier molecular flexibility index (Phi) is 3.40. The Bertz CT molecular complexity index is 472. The summed E-state index contributed by atoms with van der Waals surface area (Å²) in [5.41, 5.74) is 2.23. The van der Waals surface area contributed by atoms with Gasteiger partial charge >= 0.3 is 0 Å². The standard InChI is InChI=1S/C13H15N3O/c1-9-2-3-10(7-14)6-12(9)16-13(17)8-15-11-4-5-11/h2-3,6,11,15H,4-5,8H2,1H3,(H,16,17). The zero-order chi connectivity index (χ0) is 12.3. The first-order valence-electron chi connectivity index (χ1n) is 5.73. The van der Waals surface area contributed by atoms with Crippen LogP contribution in [0.2, 0.25) is 0 Å². The number of nitriles is 1. The van der Waals surface area contributed by atoms with Crippen LogP contribution in [0.1, 0.15) is 24.0 Å². The van der Waals surface area contributed by atoms with Crippen molar-refractivity contribution < 1.29 is 4.79 Å². The Labute approximate surface area is 101 Å². The zero-order valence-electron chi connectivity index (χ0n) is 9.79. The molecule has 0 radical (unpaired) electrons. The lowest BCUT2D eigenvalue weighted by molar-refractivity contribution is -0.115. The molecule has 17 heavy (non-hydrogen) atoms. The van der Waals surface area contributed by atoms with Crippen LogP contribution in [-0.2, 0) is 4.79 Å². The average molecular weight is 229 g/mol. The Morgan fingerprint density at radius 3 is 2.94 bits per heavy atom. The SMILES string of the molecule is Cc1ccc(C#N)cc1NC(=O)CNC1CC1. The smallest absolute Gasteiger partial charge is 0.238 e. The van der Waals surface area contributed by atoms with E-state index < -0.39 is 0 Å². The van der Waals surface area contributed by atoms with E-state index in [1.165, 1.54) is 0 Å². The Balaban J connectivity index is 1.96. The van der Waals surface area contributed by atoms with Gasteiger partial charge in [0.25, 0.3) is 0 Å². The molecule has 1 amide bonds. The zero-order valence-corrected chi connectivity index (χ0v) is 9.79. The molecule has 0 unspecified atom stereocenters. The predicted molar refractivity (Wildman–Crippen MR) is 65.5 cm³/mol. The van der Waals surface area contributed by atoms with Gasteiger partial charge in [0.2, 0.25) is 5.91 Å². The lowest BCUT2D eigenvalue weighted by atomic mass is 10.1. The monoisotopic (exact) mass is 229 g/mol. The highest BCUT2D eigenvalue weighted by molar-refractivity contribution is 5.93. The fourth-order valence-corrected chi connectivity index (χ4v) is 1.55. The first kappa shape index (κ1) is 11.6. The summed E-state index contributed by atoms with van der Waals surface area (Å²) in [7, 11) is 0. The molecular weight excluding hydrogens is 214 g/mol. The molecular formula is C13H15N3O. The van der Waals surface area contributed by atoms with Crippen LogP contribution >= 0.6 is 0 Å². The molecule has 4 heteroatoms. The molecule has 0 atom stereocenters. The van der Waals surface area contributed by atoms with E-state index in [4.69, 9.17) is 5.26 Å². The van der Waals surface area contributed by atoms with E-state index in [0.717, 1.165) is 18.4 Å². The highest BCUT2D eigenvalue weighted by atomic mass is 16.1. The average Bonchev–Trinajstić information content (AvgIpc) is 3.13. The van der Waals surface area contributed by atoms with Crippen molar-refractivity contribution in [3.63, 3.8) is 0 Å². The van der Waals surface area contributed by atoms with Crippen LogP contribution in [0.3, 0.4) is 0 Å². The van der Waals surface area contributed by atoms with Gasteiger partial charge in [0, 0.05) is 11.7 Å². The first-order chi connectivity index (χ1) is 8.19. The maximum atomic E-state index is 11.6. The summed E-state index contributed by atoms with van der Waals surface area (Å²) in [5.74, 6) is -0.0601. The molecule has 0 spiro atoms. The summed E-state index contributed by atoms with van der Waals surface area (Å²) < 4.78 is 0. The van der Waals surface area contributed by atoms with Gasteiger partial charge in [-0.2, -0.15) is 5.26 Å². The largest absolute Gasteiger partial charge is 0.325 e. The van der Waals surface area contributed by atoms with E-state index >= 15 is 0 Å². The second-order valence-electron chi connectivity index (χ2n) is 4.34. The second kappa shape index (κ2) is 4.98. The number of carbonyl (C=O) groups excluding carboxylic acids is 1. The van der Waals surface area contributed by atoms with E-state index in [-0.39, 0.29) is 5.91 Å². The summed E-state index contributed by atoms with van der Waals surface area (Å²) in [5, 5.41) is 14.8. The number of rotatable bonds is 4. The molecule has 1 aromatic carbocycles. The number of benzene rings is 1. The van der Waals surface area contributed by atoms with Crippen LogP contribution in [0.15, 0.2) is 18.2 Å². The number of carbonyl (C=O) groups is 1. The molecule has 0 aliphatic heterocycles. The molecule has 1 aliphatic carbocycles. The molecule has 0 bridgehead atoms. The summed E-state index contributed by atoms with van der Waals surface area (Å²) in [6.07, 6.45) is 2.33. The van der Waals surface area contributed by atoms with Gasteiger partial charge in [-0.05, 0) is 37.5 Å². The van der Waals surface area contributed by atoms with Crippen molar-refractivity contribution in [2.75, 3.05) is 11.9 Å². The lowest BCUT2D eigenvalue weighted by Crippen LogP contribution is -2.29. The Morgan fingerprint density at radius 2 is 2.29 bits per heavy atom. The normalized spacial score (nSPS) is 14.1. The summed E-state index contributed by atoms with van der Waals surface area (Å²) in [6.45, 7) is 2.24. The van der Waals surface area contributed by atoms with Crippen LogP contribution in [0.4, 0.5) is 5.69 Å². The van der Waals surface area contributed by atoms with Crippen molar-refractivity contribution in [1.29, 1.82) is 5.26 Å². The van der Waals surface area contributed by atoms with Crippen LogP contribution < -0.4 is 10.6 Å². The number of hydrogen-bond donors (Lipinski definition) is 2. The third-order valence-corrected chi connectivity index (χ3v) is 2.77. The molecule has 0 saturated heterocycles. The van der Waals surface area contributed by atoms with Crippen LogP contribution in [-0.4, -0.2) is 18.5 Å². The van der Waals surface area contributed by atoms with Crippen molar-refractivity contribution in [3.05, 3.63) is 29.3 Å². The van der Waals surface area contributed by atoms with Gasteiger partial charge in [-0.15, -0.1) is 0 Å². The van der Waals surface area contributed by atoms with Gasteiger partial charge in [0.15, 0.2) is 0 Å². The summed E-state index contributed by atoms with van der Waals surface area (Å²) >= 11 is 0. The minimum atomic E-state index is -0.0601. The molecule has 2 N–H and O–H groups in total. The maximum Gasteiger partial charge on any atom is 0.238 e. The lowest BCUT2D eigenvalue weighted by Gasteiger charge is -2.09. The van der Waals surface area contributed by atoms with Gasteiger partial charge in [0.05, 0.1) is 18.2 Å². The topological polar surface area (TPSA) is 64.9 Å². The first-order valence-corrected chi connectivity index (χ1v) is 5.73. The van der Waals surface area contributed by atoms with Gasteiger partial charge in [-0.1, -0.05) is 6.07 Å². The third kappa shape index (κ3) is 3.30. The van der Waals surface area contributed by atoms with Crippen molar-refractivity contribution in [3.8, 4) is 6.07 Å². The number of nitrogens with one attached hydrogen (secondary N) is 2. The number of amides is 1. The number of aryl methyl sites for hydroxylation is 1. The van der Waals surface area contributed by atoms with Gasteiger partial charge in [0.1, 0.15) is 0 Å². The molecule has 1 aliphatic rings. The van der Waals surface area contributed by atoms with Gasteiger partial charge in [-0.3, -0.25) is 4.79 Å². The maximum absolute atomic E-state index is 11.6. The third-order valence-electron chi connectivity index (χ3n) is 2.77. The van der Waals surface area contributed by atoms with Crippen LogP contribution in [0.5, 0.6) is 0 Å². The van der Waals surface area contributed by atoms with Crippen molar-refractivity contribution in [1.82, 2.24) is 5.32 Å². The van der Waals surface area contributed by atoms with Crippen LogP contribution in [0.25, 0.3) is 0 Å². The second-order valence-corrected chi connectivity index (χ2v) is 4.34. The van der Waals surface area contributed by atoms with Crippen molar-refractivity contribution >= 4 is 11.6 Å². The molecule has 88 valence electrons. The highest BCUT2D eigenvalue weighted by Gasteiger charge is 2.21. The predicted octanol–water partition coefficient (Wildman–Crippen LogP) is 1.56. The molecule has 4 nitrogen and oxygen atoms in total. The molecule has 0 heterocycles. The molecule has 0 aromatic heterocycles. The van der Waals surface area contributed by atoms with Crippen molar-refractivity contribution in [2.24, 2.45) is 0 Å². The fraction of sp³-hybridized carbons (Fsp3) is 0.385. The number of nitrogens with zero attached hydrogens (tertiary/aromatic N) is 1. The van der Waals surface area contributed by atoms with Crippen molar-refractivity contribution in [2.45, 2.75) is 25.8 Å². The van der Waals surface area contributed by atoms with E-state index in [9.17, 15) is 4.79 Å². The van der Waals surface area contributed by atoms with Crippen LogP contribution in [0, 0.1) is 18.3 Å². The minimum Gasteiger partial charge on any atom is -0.325 e. The number of hydrogen-bond acceptors (Lipinski definition) is 3. The molecule has 1 saturated carbocycles. The summed E-state index contributed by atoms with van der Waals surface area (Å²) in [4.78, 5) is 11.6. The molecule has 1 fully saturated rings. The quantitative estimate of drug-likeness (QED) is 0.823. The minimum absolute atomic E-state index is 0.0601. The Hall–Kier alpha value is -1.86. The van der Waals surface area contributed by atoms with E-state index in [1.54, 1.807) is 12.1 Å². The summed E-state index contributed by atoms with van der Waals surface area (Å²) in [6, 6.07) is 7.86. The number of anilines is 1. The fourth-order valence-electron chi connectivity index (χ4n) is 1.55. The highest BCUT2D eigenvalue weighted by Crippen LogP contribution is 2.19. The molecule has 2 rings (SSSR count). The van der Waals surface area contributed by atoms with E-state index in [2.05, 4.69) is 16.7 Å². The Morgan fingerprint density at radius 1 is 1.53 bits per heavy atom. The van der Waals surface area contributed by atoms with Gasteiger partial charge in [-0.25, -0.2) is 0 Å². The van der Waals surface area contributed by atoms with E-state index in [1.807, 2.05) is 13.0 Å². The molecule has 1 aromatic rings. The van der Waals surface area contributed by atoms with E-state index in [0.29, 0.717) is 23.8 Å².